The molecule has 0 spiro atoms. The van der Waals surface area contributed by atoms with Crippen LogP contribution in [0.2, 0.25) is 0 Å². The van der Waals surface area contributed by atoms with Crippen molar-refractivity contribution < 1.29 is 4.79 Å². The molecule has 2 aromatic carbocycles. The zero-order valence-electron chi connectivity index (χ0n) is 12.2. The van der Waals surface area contributed by atoms with E-state index in [4.69, 9.17) is 0 Å². The van der Waals surface area contributed by atoms with Gasteiger partial charge >= 0.3 is 0 Å². The predicted molar refractivity (Wildman–Crippen MR) is 83.9 cm³/mol. The number of fused-ring (bicyclic) bond motifs is 1. The van der Waals surface area contributed by atoms with Gasteiger partial charge in [-0.15, -0.1) is 0 Å². The molecule has 0 aliphatic heterocycles. The monoisotopic (exact) mass is 276 g/mol. The van der Waals surface area contributed by atoms with E-state index in [-0.39, 0.29) is 5.41 Å². The molecule has 0 amide bonds. The van der Waals surface area contributed by atoms with Crippen molar-refractivity contribution in [3.63, 3.8) is 0 Å². The molecule has 0 heterocycles. The number of ketones is 1. The summed E-state index contributed by atoms with van der Waals surface area (Å²) in [6.07, 6.45) is 4.02. The Morgan fingerprint density at radius 2 is 1.38 bits per heavy atom. The van der Waals surface area contributed by atoms with Gasteiger partial charge in [-0.05, 0) is 42.7 Å². The first kappa shape index (κ1) is 12.8. The zero-order valence-corrected chi connectivity index (χ0v) is 12.2. The summed E-state index contributed by atoms with van der Waals surface area (Å²) in [5.41, 5.74) is 2.43. The lowest BCUT2D eigenvalue weighted by atomic mass is 9.72. The highest BCUT2D eigenvalue weighted by molar-refractivity contribution is 5.92. The molecule has 0 unspecified atom stereocenters. The van der Waals surface area contributed by atoms with E-state index >= 15 is 0 Å². The van der Waals surface area contributed by atoms with Crippen molar-refractivity contribution in [2.75, 3.05) is 0 Å². The molecule has 1 nitrogen and oxygen atoms in total. The quantitative estimate of drug-likeness (QED) is 0.822. The minimum absolute atomic E-state index is 0.156. The first-order valence-electron chi connectivity index (χ1n) is 7.89. The molecule has 1 heteroatoms. The summed E-state index contributed by atoms with van der Waals surface area (Å²) >= 11 is 0. The fourth-order valence-electron chi connectivity index (χ4n) is 4.14. The van der Waals surface area contributed by atoms with Crippen molar-refractivity contribution in [3.8, 4) is 0 Å². The van der Waals surface area contributed by atoms with E-state index in [9.17, 15) is 4.79 Å². The van der Waals surface area contributed by atoms with Crippen molar-refractivity contribution >= 4 is 5.78 Å². The fourth-order valence-corrected chi connectivity index (χ4v) is 4.14. The lowest BCUT2D eigenvalue weighted by Gasteiger charge is -2.30. The summed E-state index contributed by atoms with van der Waals surface area (Å²) in [6, 6.07) is 21.0. The highest BCUT2D eigenvalue weighted by Gasteiger charge is 2.60. The third-order valence-electron chi connectivity index (χ3n) is 5.21. The van der Waals surface area contributed by atoms with Crippen LogP contribution < -0.4 is 0 Å². The van der Waals surface area contributed by atoms with E-state index in [1.807, 2.05) is 12.1 Å². The second-order valence-corrected chi connectivity index (χ2v) is 6.78. The fraction of sp³-hybridized carbons (Fsp3) is 0.350. The van der Waals surface area contributed by atoms with Crippen LogP contribution in [-0.4, -0.2) is 5.78 Å². The van der Waals surface area contributed by atoms with E-state index in [2.05, 4.69) is 48.5 Å². The number of hydrogen-bond acceptors (Lipinski definition) is 1. The molecule has 106 valence electrons. The van der Waals surface area contributed by atoms with E-state index in [1.165, 1.54) is 11.1 Å². The number of carbonyl (C=O) groups excluding carboxylic acids is 1. The van der Waals surface area contributed by atoms with Crippen LogP contribution in [0.3, 0.4) is 0 Å². The average molecular weight is 276 g/mol. The Bertz CT molecular complexity index is 603. The molecule has 4 rings (SSSR count). The Balaban J connectivity index is 1.65. The average Bonchev–Trinajstić information content (AvgIpc) is 3.22. The highest BCUT2D eigenvalue weighted by atomic mass is 16.1. The molecule has 2 saturated carbocycles. The van der Waals surface area contributed by atoms with Gasteiger partial charge < -0.3 is 0 Å². The van der Waals surface area contributed by atoms with Crippen molar-refractivity contribution in [3.05, 3.63) is 71.8 Å². The van der Waals surface area contributed by atoms with Crippen LogP contribution in [0, 0.1) is 17.3 Å². The Hall–Kier alpha value is -1.89. The summed E-state index contributed by atoms with van der Waals surface area (Å²) < 4.78 is 0. The van der Waals surface area contributed by atoms with E-state index in [0.29, 0.717) is 17.6 Å². The Labute approximate surface area is 126 Å². The molecular formula is C20H20O. The first-order valence-corrected chi connectivity index (χ1v) is 7.89. The number of hydrogen-bond donors (Lipinski definition) is 0. The Kier molecular flexibility index (Phi) is 2.95. The minimum Gasteiger partial charge on any atom is -0.299 e. The van der Waals surface area contributed by atoms with Gasteiger partial charge in [0, 0.05) is 11.3 Å². The maximum Gasteiger partial charge on any atom is 0.143 e. The molecule has 0 N–H and O–H groups in total. The summed E-state index contributed by atoms with van der Waals surface area (Å²) in [6.45, 7) is 0. The lowest BCUT2D eigenvalue weighted by molar-refractivity contribution is -0.128. The van der Waals surface area contributed by atoms with Gasteiger partial charge in [-0.3, -0.25) is 4.79 Å². The van der Waals surface area contributed by atoms with Crippen LogP contribution in [0.5, 0.6) is 0 Å². The van der Waals surface area contributed by atoms with Gasteiger partial charge in [0.15, 0.2) is 0 Å². The third-order valence-corrected chi connectivity index (χ3v) is 5.21. The second kappa shape index (κ2) is 4.84. The first-order chi connectivity index (χ1) is 10.3. The zero-order chi connectivity index (χ0) is 14.3. The van der Waals surface area contributed by atoms with Crippen molar-refractivity contribution in [1.29, 1.82) is 0 Å². The summed E-state index contributed by atoms with van der Waals surface area (Å²) in [7, 11) is 0. The molecule has 2 aliphatic carbocycles. The largest absolute Gasteiger partial charge is 0.299 e. The van der Waals surface area contributed by atoms with Gasteiger partial charge in [0.1, 0.15) is 5.78 Å². The predicted octanol–water partition coefficient (Wildman–Crippen LogP) is 4.07. The van der Waals surface area contributed by atoms with Crippen LogP contribution in [0.4, 0.5) is 0 Å². The standard InChI is InChI=1S/C20H20O/c21-19-18-11-17(18)14-20(19,12-15-7-3-1-4-8-15)13-16-9-5-2-6-10-16/h1-10,17-18H,11-14H2/t17-,18+/m0/s1. The molecule has 2 atom stereocenters. The molecule has 0 bridgehead atoms. The van der Waals surface area contributed by atoms with Gasteiger partial charge in [-0.25, -0.2) is 0 Å². The molecule has 2 aromatic rings. The molecular weight excluding hydrogens is 256 g/mol. The van der Waals surface area contributed by atoms with Crippen molar-refractivity contribution in [1.82, 2.24) is 0 Å². The summed E-state index contributed by atoms with van der Waals surface area (Å²) in [4.78, 5) is 12.9. The third kappa shape index (κ3) is 2.31. The second-order valence-electron chi connectivity index (χ2n) is 6.78. The van der Waals surface area contributed by atoms with Crippen LogP contribution in [0.25, 0.3) is 0 Å². The normalized spacial score (nSPS) is 25.6. The number of Topliss-reactive ketones (excluding diaryl/α,β-unsaturated/α-hetero) is 1. The Morgan fingerprint density at radius 1 is 0.857 bits per heavy atom. The topological polar surface area (TPSA) is 17.1 Å². The number of benzene rings is 2. The highest BCUT2D eigenvalue weighted by Crippen LogP contribution is 2.59. The van der Waals surface area contributed by atoms with E-state index in [1.54, 1.807) is 0 Å². The smallest absolute Gasteiger partial charge is 0.143 e. The van der Waals surface area contributed by atoms with E-state index in [0.717, 1.165) is 25.7 Å². The lowest BCUT2D eigenvalue weighted by Crippen LogP contribution is -2.33. The van der Waals surface area contributed by atoms with Gasteiger partial charge in [0.05, 0.1) is 0 Å². The maximum atomic E-state index is 12.9. The van der Waals surface area contributed by atoms with Gasteiger partial charge in [-0.2, -0.15) is 0 Å². The Morgan fingerprint density at radius 3 is 1.81 bits per heavy atom. The summed E-state index contributed by atoms with van der Waals surface area (Å²) in [5, 5.41) is 0. The van der Waals surface area contributed by atoms with Gasteiger partial charge in [-0.1, -0.05) is 60.7 Å². The molecule has 0 aromatic heterocycles. The van der Waals surface area contributed by atoms with Crippen LogP contribution in [0.1, 0.15) is 24.0 Å². The van der Waals surface area contributed by atoms with Crippen LogP contribution in [-0.2, 0) is 17.6 Å². The van der Waals surface area contributed by atoms with Crippen molar-refractivity contribution in [2.24, 2.45) is 17.3 Å². The SMILES string of the molecule is O=C1[C@@H]2C[C@H]2CC1(Cc1ccccc1)Cc1ccccc1. The number of rotatable bonds is 4. The summed E-state index contributed by atoms with van der Waals surface area (Å²) in [5.74, 6) is 1.57. The van der Waals surface area contributed by atoms with E-state index < -0.39 is 0 Å². The van der Waals surface area contributed by atoms with Crippen LogP contribution >= 0.6 is 0 Å². The molecule has 0 saturated heterocycles. The number of carbonyl (C=O) groups is 1. The van der Waals surface area contributed by atoms with Crippen molar-refractivity contribution in [2.45, 2.75) is 25.7 Å². The van der Waals surface area contributed by atoms with Gasteiger partial charge in [0.2, 0.25) is 0 Å². The van der Waals surface area contributed by atoms with Gasteiger partial charge in [0.25, 0.3) is 0 Å². The van der Waals surface area contributed by atoms with Crippen LogP contribution in [0.15, 0.2) is 60.7 Å². The minimum atomic E-state index is -0.156. The molecule has 21 heavy (non-hydrogen) atoms. The molecule has 0 radical (unpaired) electrons. The maximum absolute atomic E-state index is 12.9. The molecule has 2 fully saturated rings. The molecule has 2 aliphatic rings.